The molecular formula is C11H20N4. The SMILES string of the molecule is CCCNc1nccc(N(C)CCC)n1. The van der Waals surface area contributed by atoms with E-state index >= 15 is 0 Å². The van der Waals surface area contributed by atoms with Crippen molar-refractivity contribution in [2.75, 3.05) is 30.4 Å². The summed E-state index contributed by atoms with van der Waals surface area (Å²) < 4.78 is 0. The lowest BCUT2D eigenvalue weighted by molar-refractivity contribution is 0.833. The maximum atomic E-state index is 4.43. The molecule has 15 heavy (non-hydrogen) atoms. The summed E-state index contributed by atoms with van der Waals surface area (Å²) in [6.07, 6.45) is 4.00. The molecule has 0 bridgehead atoms. The average molecular weight is 208 g/mol. The molecule has 0 fully saturated rings. The van der Waals surface area contributed by atoms with Crippen LogP contribution in [0.1, 0.15) is 26.7 Å². The lowest BCUT2D eigenvalue weighted by Gasteiger charge is -2.17. The second-order valence-corrected chi connectivity index (χ2v) is 3.59. The van der Waals surface area contributed by atoms with Crippen molar-refractivity contribution < 1.29 is 0 Å². The molecule has 0 aliphatic carbocycles. The van der Waals surface area contributed by atoms with E-state index in [9.17, 15) is 0 Å². The molecule has 0 amide bonds. The summed E-state index contributed by atoms with van der Waals surface area (Å²) in [6, 6.07) is 1.94. The fraction of sp³-hybridized carbons (Fsp3) is 0.636. The minimum atomic E-state index is 0.720. The molecule has 1 aromatic heterocycles. The summed E-state index contributed by atoms with van der Waals surface area (Å²) in [6.45, 7) is 6.22. The molecule has 84 valence electrons. The summed E-state index contributed by atoms with van der Waals surface area (Å²) in [4.78, 5) is 10.7. The molecule has 0 spiro atoms. The van der Waals surface area contributed by atoms with E-state index in [2.05, 4.69) is 41.1 Å². The summed E-state index contributed by atoms with van der Waals surface area (Å²) >= 11 is 0. The van der Waals surface area contributed by atoms with Crippen LogP contribution in [0.15, 0.2) is 12.3 Å². The largest absolute Gasteiger partial charge is 0.360 e. The average Bonchev–Trinajstić information content (AvgIpc) is 2.27. The van der Waals surface area contributed by atoms with E-state index in [1.807, 2.05) is 6.07 Å². The molecule has 1 aromatic rings. The zero-order chi connectivity index (χ0) is 11.1. The number of hydrogen-bond donors (Lipinski definition) is 1. The molecule has 1 heterocycles. The normalized spacial score (nSPS) is 10.1. The highest BCUT2D eigenvalue weighted by atomic mass is 15.2. The first-order valence-corrected chi connectivity index (χ1v) is 5.56. The monoisotopic (exact) mass is 208 g/mol. The molecule has 0 radical (unpaired) electrons. The fourth-order valence-corrected chi connectivity index (χ4v) is 1.33. The maximum absolute atomic E-state index is 4.43. The van der Waals surface area contributed by atoms with Crippen molar-refractivity contribution in [2.24, 2.45) is 0 Å². The molecule has 0 aliphatic rings. The topological polar surface area (TPSA) is 41.1 Å². The van der Waals surface area contributed by atoms with E-state index < -0.39 is 0 Å². The third-order valence-corrected chi connectivity index (χ3v) is 2.12. The van der Waals surface area contributed by atoms with Crippen molar-refractivity contribution in [3.63, 3.8) is 0 Å². The van der Waals surface area contributed by atoms with Gasteiger partial charge in [0.05, 0.1) is 0 Å². The number of nitrogens with one attached hydrogen (secondary N) is 1. The van der Waals surface area contributed by atoms with E-state index in [0.717, 1.165) is 37.7 Å². The van der Waals surface area contributed by atoms with E-state index in [4.69, 9.17) is 0 Å². The van der Waals surface area contributed by atoms with Crippen LogP contribution in [-0.2, 0) is 0 Å². The van der Waals surface area contributed by atoms with Gasteiger partial charge >= 0.3 is 0 Å². The van der Waals surface area contributed by atoms with Crippen LogP contribution in [0.2, 0.25) is 0 Å². The Balaban J connectivity index is 2.64. The van der Waals surface area contributed by atoms with E-state index in [1.165, 1.54) is 0 Å². The van der Waals surface area contributed by atoms with Gasteiger partial charge in [-0.1, -0.05) is 13.8 Å². The van der Waals surface area contributed by atoms with Crippen LogP contribution in [0.25, 0.3) is 0 Å². The smallest absolute Gasteiger partial charge is 0.224 e. The van der Waals surface area contributed by atoms with Crippen LogP contribution in [0.5, 0.6) is 0 Å². The molecular weight excluding hydrogens is 188 g/mol. The Labute approximate surface area is 91.7 Å². The van der Waals surface area contributed by atoms with Gasteiger partial charge in [0.1, 0.15) is 5.82 Å². The van der Waals surface area contributed by atoms with Crippen molar-refractivity contribution in [2.45, 2.75) is 26.7 Å². The highest BCUT2D eigenvalue weighted by molar-refractivity contribution is 5.41. The molecule has 0 aromatic carbocycles. The minimum absolute atomic E-state index is 0.720. The summed E-state index contributed by atoms with van der Waals surface area (Å²) in [7, 11) is 2.05. The van der Waals surface area contributed by atoms with Crippen molar-refractivity contribution in [1.82, 2.24) is 9.97 Å². The number of anilines is 2. The van der Waals surface area contributed by atoms with E-state index in [-0.39, 0.29) is 0 Å². The first kappa shape index (κ1) is 11.8. The summed E-state index contributed by atoms with van der Waals surface area (Å²) in [5.41, 5.74) is 0. The van der Waals surface area contributed by atoms with Crippen LogP contribution in [0, 0.1) is 0 Å². The van der Waals surface area contributed by atoms with Gasteiger partial charge in [-0.15, -0.1) is 0 Å². The molecule has 4 nitrogen and oxygen atoms in total. The van der Waals surface area contributed by atoms with Crippen molar-refractivity contribution >= 4 is 11.8 Å². The van der Waals surface area contributed by atoms with Crippen molar-refractivity contribution in [1.29, 1.82) is 0 Å². The van der Waals surface area contributed by atoms with Gasteiger partial charge in [0, 0.05) is 26.3 Å². The molecule has 0 saturated heterocycles. The summed E-state index contributed by atoms with van der Waals surface area (Å²) in [5.74, 6) is 1.70. The predicted octanol–water partition coefficient (Wildman–Crippen LogP) is 2.14. The van der Waals surface area contributed by atoms with Crippen molar-refractivity contribution in [3.05, 3.63) is 12.3 Å². The van der Waals surface area contributed by atoms with Crippen LogP contribution >= 0.6 is 0 Å². The fourth-order valence-electron chi connectivity index (χ4n) is 1.33. The lowest BCUT2D eigenvalue weighted by atomic mass is 10.4. The van der Waals surface area contributed by atoms with Gasteiger partial charge in [-0.25, -0.2) is 4.98 Å². The van der Waals surface area contributed by atoms with Gasteiger partial charge < -0.3 is 10.2 Å². The second-order valence-electron chi connectivity index (χ2n) is 3.59. The summed E-state index contributed by atoms with van der Waals surface area (Å²) in [5, 5.41) is 3.18. The molecule has 1 rings (SSSR count). The van der Waals surface area contributed by atoms with Gasteiger partial charge in [-0.3, -0.25) is 0 Å². The predicted molar refractivity (Wildman–Crippen MR) is 64.4 cm³/mol. The zero-order valence-electron chi connectivity index (χ0n) is 9.82. The van der Waals surface area contributed by atoms with Gasteiger partial charge in [0.15, 0.2) is 0 Å². The van der Waals surface area contributed by atoms with E-state index in [0.29, 0.717) is 0 Å². The lowest BCUT2D eigenvalue weighted by Crippen LogP contribution is -2.19. The Morgan fingerprint density at radius 2 is 2.13 bits per heavy atom. The first-order valence-electron chi connectivity index (χ1n) is 5.56. The number of nitrogens with zero attached hydrogens (tertiary/aromatic N) is 3. The van der Waals surface area contributed by atoms with Crippen LogP contribution in [-0.4, -0.2) is 30.1 Å². The molecule has 4 heteroatoms. The van der Waals surface area contributed by atoms with Crippen molar-refractivity contribution in [3.8, 4) is 0 Å². The second kappa shape index (κ2) is 6.22. The quantitative estimate of drug-likeness (QED) is 0.777. The molecule has 0 aliphatic heterocycles. The Bertz CT molecular complexity index is 288. The number of hydrogen-bond acceptors (Lipinski definition) is 4. The highest BCUT2D eigenvalue weighted by Crippen LogP contribution is 2.10. The third-order valence-electron chi connectivity index (χ3n) is 2.12. The maximum Gasteiger partial charge on any atom is 0.224 e. The van der Waals surface area contributed by atoms with E-state index in [1.54, 1.807) is 6.20 Å². The molecule has 0 atom stereocenters. The number of aromatic nitrogens is 2. The third kappa shape index (κ3) is 3.73. The molecule has 0 unspecified atom stereocenters. The Morgan fingerprint density at radius 1 is 1.33 bits per heavy atom. The highest BCUT2D eigenvalue weighted by Gasteiger charge is 2.02. The Morgan fingerprint density at radius 3 is 2.80 bits per heavy atom. The van der Waals surface area contributed by atoms with Gasteiger partial charge in [-0.05, 0) is 18.9 Å². The zero-order valence-corrected chi connectivity index (χ0v) is 9.82. The van der Waals surface area contributed by atoms with Crippen LogP contribution < -0.4 is 10.2 Å². The molecule has 1 N–H and O–H groups in total. The van der Waals surface area contributed by atoms with Gasteiger partial charge in [0.2, 0.25) is 5.95 Å². The first-order chi connectivity index (χ1) is 7.27. The minimum Gasteiger partial charge on any atom is -0.360 e. The number of rotatable bonds is 6. The Hall–Kier alpha value is -1.32. The Kier molecular flexibility index (Phi) is 4.87. The van der Waals surface area contributed by atoms with Crippen LogP contribution in [0.3, 0.4) is 0 Å². The van der Waals surface area contributed by atoms with Gasteiger partial charge in [0.25, 0.3) is 0 Å². The molecule has 0 saturated carbocycles. The van der Waals surface area contributed by atoms with Crippen LogP contribution in [0.4, 0.5) is 11.8 Å². The standard InChI is InChI=1S/C11H20N4/c1-4-7-12-11-13-8-6-10(14-11)15(3)9-5-2/h6,8H,4-5,7,9H2,1-3H3,(H,12,13,14). The van der Waals surface area contributed by atoms with Gasteiger partial charge in [-0.2, -0.15) is 4.98 Å².